The highest BCUT2D eigenvalue weighted by Gasteiger charge is 2.28. The van der Waals surface area contributed by atoms with Gasteiger partial charge in [-0.3, -0.25) is 0 Å². The van der Waals surface area contributed by atoms with Crippen molar-refractivity contribution in [3.8, 4) is 0 Å². The van der Waals surface area contributed by atoms with E-state index in [1.807, 2.05) is 6.26 Å². The van der Waals surface area contributed by atoms with Crippen LogP contribution in [-0.4, -0.2) is 53.3 Å². The Hall–Kier alpha value is -0.420. The first-order valence-corrected chi connectivity index (χ1v) is 5.69. The standard InChI is InChI=1S/C8H16N2O2S/c1-8(12,6-13-2)5-10-4-3-9-7(10)11/h12H,3-6H2,1-2H3,(H,9,11). The highest BCUT2D eigenvalue weighted by molar-refractivity contribution is 7.98. The zero-order valence-electron chi connectivity index (χ0n) is 8.04. The van der Waals surface area contributed by atoms with Crippen LogP contribution >= 0.6 is 11.8 Å². The lowest BCUT2D eigenvalue weighted by atomic mass is 10.1. The SMILES string of the molecule is CSCC(C)(O)CN1CCNC1=O. The Bertz CT molecular complexity index is 197. The van der Waals surface area contributed by atoms with Crippen LogP contribution in [0.25, 0.3) is 0 Å². The zero-order chi connectivity index (χ0) is 9.90. The van der Waals surface area contributed by atoms with Gasteiger partial charge in [0, 0.05) is 18.8 Å². The van der Waals surface area contributed by atoms with Gasteiger partial charge in [-0.25, -0.2) is 4.79 Å². The van der Waals surface area contributed by atoms with Crippen molar-refractivity contribution >= 4 is 17.8 Å². The van der Waals surface area contributed by atoms with Crippen molar-refractivity contribution in [3.63, 3.8) is 0 Å². The van der Waals surface area contributed by atoms with Gasteiger partial charge in [-0.05, 0) is 13.2 Å². The molecule has 0 aromatic carbocycles. The summed E-state index contributed by atoms with van der Waals surface area (Å²) in [7, 11) is 0. The van der Waals surface area contributed by atoms with Crippen molar-refractivity contribution < 1.29 is 9.90 Å². The van der Waals surface area contributed by atoms with E-state index in [1.54, 1.807) is 23.6 Å². The number of nitrogens with zero attached hydrogens (tertiary/aromatic N) is 1. The second kappa shape index (κ2) is 4.19. The third-order valence-electron chi connectivity index (χ3n) is 1.93. The molecule has 1 rings (SSSR count). The predicted molar refractivity (Wildman–Crippen MR) is 54.0 cm³/mol. The third-order valence-corrected chi connectivity index (χ3v) is 2.84. The van der Waals surface area contributed by atoms with Gasteiger partial charge in [0.25, 0.3) is 0 Å². The van der Waals surface area contributed by atoms with Gasteiger partial charge < -0.3 is 15.3 Å². The van der Waals surface area contributed by atoms with E-state index < -0.39 is 5.60 Å². The number of nitrogens with one attached hydrogen (secondary N) is 1. The average molecular weight is 204 g/mol. The lowest BCUT2D eigenvalue weighted by Crippen LogP contribution is -2.44. The number of urea groups is 1. The van der Waals surface area contributed by atoms with E-state index in [-0.39, 0.29) is 6.03 Å². The normalized spacial score (nSPS) is 21.5. The largest absolute Gasteiger partial charge is 0.387 e. The molecule has 0 radical (unpaired) electrons. The molecule has 2 amide bonds. The van der Waals surface area contributed by atoms with Crippen LogP contribution < -0.4 is 5.32 Å². The summed E-state index contributed by atoms with van der Waals surface area (Å²) in [5, 5.41) is 12.6. The Balaban J connectivity index is 2.42. The number of β-amino-alcohol motifs (C(OH)–C–C–N with tert-alkyl or cyclic N) is 1. The van der Waals surface area contributed by atoms with Crippen LogP contribution in [0.1, 0.15) is 6.92 Å². The molecular formula is C8H16N2O2S. The Morgan fingerprint density at radius 3 is 2.92 bits per heavy atom. The molecule has 1 heterocycles. The predicted octanol–water partition coefficient (Wildman–Crippen LogP) is 0.126. The molecule has 0 saturated carbocycles. The number of hydrogen-bond acceptors (Lipinski definition) is 3. The van der Waals surface area contributed by atoms with Crippen molar-refractivity contribution in [2.24, 2.45) is 0 Å². The van der Waals surface area contributed by atoms with Gasteiger partial charge in [-0.15, -0.1) is 0 Å². The fraction of sp³-hybridized carbons (Fsp3) is 0.875. The molecule has 0 aromatic rings. The summed E-state index contributed by atoms with van der Waals surface area (Å²) in [6.45, 7) is 3.56. The maximum absolute atomic E-state index is 11.2. The molecule has 0 bridgehead atoms. The third kappa shape index (κ3) is 3.08. The average Bonchev–Trinajstić information content (AvgIpc) is 2.35. The molecule has 1 saturated heterocycles. The molecule has 1 unspecified atom stereocenters. The Kier molecular flexibility index (Phi) is 3.44. The summed E-state index contributed by atoms with van der Waals surface area (Å²) < 4.78 is 0. The monoisotopic (exact) mass is 204 g/mol. The first-order chi connectivity index (χ1) is 6.05. The maximum atomic E-state index is 11.2. The van der Waals surface area contributed by atoms with Crippen molar-refractivity contribution in [1.82, 2.24) is 10.2 Å². The molecule has 1 aliphatic heterocycles. The van der Waals surface area contributed by atoms with Gasteiger partial charge in [0.15, 0.2) is 0 Å². The minimum Gasteiger partial charge on any atom is -0.387 e. The number of aliphatic hydroxyl groups is 1. The van der Waals surface area contributed by atoms with Crippen LogP contribution in [0.4, 0.5) is 4.79 Å². The fourth-order valence-electron chi connectivity index (χ4n) is 1.43. The highest BCUT2D eigenvalue weighted by atomic mass is 32.2. The molecule has 13 heavy (non-hydrogen) atoms. The van der Waals surface area contributed by atoms with Gasteiger partial charge in [0.1, 0.15) is 0 Å². The molecule has 0 spiro atoms. The molecule has 0 aliphatic carbocycles. The summed E-state index contributed by atoms with van der Waals surface area (Å²) in [5.74, 6) is 0.650. The highest BCUT2D eigenvalue weighted by Crippen LogP contribution is 2.13. The van der Waals surface area contributed by atoms with Gasteiger partial charge in [0.2, 0.25) is 0 Å². The van der Waals surface area contributed by atoms with E-state index in [2.05, 4.69) is 5.32 Å². The fourth-order valence-corrected chi connectivity index (χ4v) is 2.14. The summed E-state index contributed by atoms with van der Waals surface area (Å²) in [4.78, 5) is 12.8. The Labute approximate surface area is 82.7 Å². The molecular weight excluding hydrogens is 188 g/mol. The van der Waals surface area contributed by atoms with E-state index in [4.69, 9.17) is 0 Å². The number of carbonyl (C=O) groups excluding carboxylic acids is 1. The smallest absolute Gasteiger partial charge is 0.317 e. The summed E-state index contributed by atoms with van der Waals surface area (Å²) in [6, 6.07) is -0.0682. The molecule has 1 fully saturated rings. The number of thioether (sulfide) groups is 1. The number of hydrogen-bond donors (Lipinski definition) is 2. The lowest BCUT2D eigenvalue weighted by Gasteiger charge is -2.27. The summed E-state index contributed by atoms with van der Waals surface area (Å²) in [5.41, 5.74) is -0.777. The molecule has 2 N–H and O–H groups in total. The first-order valence-electron chi connectivity index (χ1n) is 4.29. The maximum Gasteiger partial charge on any atom is 0.317 e. The van der Waals surface area contributed by atoms with Gasteiger partial charge in [-0.1, -0.05) is 0 Å². The Morgan fingerprint density at radius 2 is 2.46 bits per heavy atom. The van der Waals surface area contributed by atoms with Crippen molar-refractivity contribution in [2.75, 3.05) is 31.6 Å². The summed E-state index contributed by atoms with van der Waals surface area (Å²) >= 11 is 1.58. The van der Waals surface area contributed by atoms with Crippen LogP contribution in [0.15, 0.2) is 0 Å². The quantitative estimate of drug-likeness (QED) is 0.684. The van der Waals surface area contributed by atoms with Crippen molar-refractivity contribution in [1.29, 1.82) is 0 Å². The van der Waals surface area contributed by atoms with E-state index >= 15 is 0 Å². The Morgan fingerprint density at radius 1 is 1.77 bits per heavy atom. The molecule has 76 valence electrons. The second-order valence-corrected chi connectivity index (χ2v) is 4.45. The van der Waals surface area contributed by atoms with Gasteiger partial charge in [-0.2, -0.15) is 11.8 Å². The van der Waals surface area contributed by atoms with E-state index in [1.165, 1.54) is 0 Å². The molecule has 0 aromatic heterocycles. The topological polar surface area (TPSA) is 52.6 Å². The number of rotatable bonds is 4. The minimum atomic E-state index is -0.777. The summed E-state index contributed by atoms with van der Waals surface area (Å²) in [6.07, 6.45) is 1.94. The van der Waals surface area contributed by atoms with Crippen LogP contribution in [0.2, 0.25) is 0 Å². The molecule has 1 atom stereocenters. The number of carbonyl (C=O) groups is 1. The van der Waals surface area contributed by atoms with Crippen LogP contribution in [-0.2, 0) is 0 Å². The van der Waals surface area contributed by atoms with E-state index in [0.717, 1.165) is 0 Å². The van der Waals surface area contributed by atoms with Crippen LogP contribution in [0, 0.1) is 0 Å². The molecule has 1 aliphatic rings. The number of amides is 2. The van der Waals surface area contributed by atoms with Crippen LogP contribution in [0.3, 0.4) is 0 Å². The zero-order valence-corrected chi connectivity index (χ0v) is 8.86. The van der Waals surface area contributed by atoms with Gasteiger partial charge in [0.05, 0.1) is 12.1 Å². The van der Waals surface area contributed by atoms with E-state index in [9.17, 15) is 9.90 Å². The van der Waals surface area contributed by atoms with Gasteiger partial charge >= 0.3 is 6.03 Å². The molecule has 4 nitrogen and oxygen atoms in total. The second-order valence-electron chi connectivity index (χ2n) is 3.58. The van der Waals surface area contributed by atoms with Crippen molar-refractivity contribution in [3.05, 3.63) is 0 Å². The molecule has 5 heteroatoms. The van der Waals surface area contributed by atoms with Crippen LogP contribution in [0.5, 0.6) is 0 Å². The minimum absolute atomic E-state index is 0.0682. The van der Waals surface area contributed by atoms with E-state index in [0.29, 0.717) is 25.4 Å². The van der Waals surface area contributed by atoms with Crippen molar-refractivity contribution in [2.45, 2.75) is 12.5 Å². The first kappa shape index (κ1) is 10.7. The lowest BCUT2D eigenvalue weighted by molar-refractivity contribution is 0.0570.